The molecule has 1 heterocycles. The fourth-order valence-electron chi connectivity index (χ4n) is 2.78. The van der Waals surface area contributed by atoms with Crippen LogP contribution in [0.3, 0.4) is 0 Å². The molecule has 1 N–H and O–H groups in total. The van der Waals surface area contributed by atoms with Crippen LogP contribution in [-0.4, -0.2) is 16.9 Å². The average molecular weight is 381 g/mol. The Bertz CT molecular complexity index is 944. The Morgan fingerprint density at radius 2 is 1.79 bits per heavy atom. The minimum Gasteiger partial charge on any atom is -0.350 e. The highest BCUT2D eigenvalue weighted by molar-refractivity contribution is 6.04. The SMILES string of the molecule is CC(C)N(Cc1ccccc1)c1ccc(NC(=O)c2ccc(F)c(F)c2)cn1. The number of pyridine rings is 1. The van der Waals surface area contributed by atoms with Crippen LogP contribution in [0.4, 0.5) is 20.3 Å². The minimum atomic E-state index is -1.06. The first-order chi connectivity index (χ1) is 13.4. The summed E-state index contributed by atoms with van der Waals surface area (Å²) in [6.07, 6.45) is 1.55. The number of carbonyl (C=O) groups excluding carboxylic acids is 1. The van der Waals surface area contributed by atoms with E-state index in [1.807, 2.05) is 24.3 Å². The number of hydrogen-bond acceptors (Lipinski definition) is 3. The Morgan fingerprint density at radius 1 is 1.04 bits per heavy atom. The molecule has 0 spiro atoms. The number of aromatic nitrogens is 1. The first kappa shape index (κ1) is 19.5. The van der Waals surface area contributed by atoms with Gasteiger partial charge in [-0.25, -0.2) is 13.8 Å². The van der Waals surface area contributed by atoms with Crippen molar-refractivity contribution in [3.8, 4) is 0 Å². The van der Waals surface area contributed by atoms with Crippen LogP contribution in [0.1, 0.15) is 29.8 Å². The third-order valence-electron chi connectivity index (χ3n) is 4.30. The van der Waals surface area contributed by atoms with Crippen molar-refractivity contribution >= 4 is 17.4 Å². The largest absolute Gasteiger partial charge is 0.350 e. The number of nitrogens with zero attached hydrogens (tertiary/aromatic N) is 2. The summed E-state index contributed by atoms with van der Waals surface area (Å²) in [4.78, 5) is 18.8. The third-order valence-corrected chi connectivity index (χ3v) is 4.30. The Hall–Kier alpha value is -3.28. The molecule has 0 radical (unpaired) electrons. The molecular formula is C22H21F2N3O. The molecule has 28 heavy (non-hydrogen) atoms. The van der Waals surface area contributed by atoms with Crippen molar-refractivity contribution < 1.29 is 13.6 Å². The summed E-state index contributed by atoms with van der Waals surface area (Å²) >= 11 is 0. The van der Waals surface area contributed by atoms with Gasteiger partial charge in [0.1, 0.15) is 5.82 Å². The van der Waals surface area contributed by atoms with Crippen LogP contribution in [0.2, 0.25) is 0 Å². The van der Waals surface area contributed by atoms with Crippen molar-refractivity contribution in [2.75, 3.05) is 10.2 Å². The third kappa shape index (κ3) is 4.71. The van der Waals surface area contributed by atoms with Gasteiger partial charge in [-0.15, -0.1) is 0 Å². The van der Waals surface area contributed by atoms with Crippen LogP contribution < -0.4 is 10.2 Å². The predicted octanol–water partition coefficient (Wildman–Crippen LogP) is 5.03. The van der Waals surface area contributed by atoms with E-state index in [1.54, 1.807) is 12.3 Å². The molecule has 0 bridgehead atoms. The number of amides is 1. The highest BCUT2D eigenvalue weighted by Gasteiger charge is 2.14. The molecule has 1 amide bonds. The summed E-state index contributed by atoms with van der Waals surface area (Å²) in [6, 6.07) is 16.9. The van der Waals surface area contributed by atoms with Crippen molar-refractivity contribution in [1.82, 2.24) is 4.98 Å². The Kier molecular flexibility index (Phi) is 5.99. The summed E-state index contributed by atoms with van der Waals surface area (Å²) in [5.41, 5.74) is 1.69. The summed E-state index contributed by atoms with van der Waals surface area (Å²) in [6.45, 7) is 4.89. The molecule has 3 rings (SSSR count). The second kappa shape index (κ2) is 8.61. The Labute approximate surface area is 162 Å². The molecule has 1 aromatic heterocycles. The van der Waals surface area contributed by atoms with Gasteiger partial charge in [-0.1, -0.05) is 30.3 Å². The van der Waals surface area contributed by atoms with E-state index in [2.05, 4.69) is 41.2 Å². The number of nitrogens with one attached hydrogen (secondary N) is 1. The average Bonchev–Trinajstić information content (AvgIpc) is 2.69. The summed E-state index contributed by atoms with van der Waals surface area (Å²) in [5, 5.41) is 2.64. The van der Waals surface area contributed by atoms with Crippen LogP contribution in [-0.2, 0) is 6.54 Å². The van der Waals surface area contributed by atoms with E-state index in [9.17, 15) is 13.6 Å². The smallest absolute Gasteiger partial charge is 0.255 e. The molecule has 144 valence electrons. The minimum absolute atomic E-state index is 0.0378. The quantitative estimate of drug-likeness (QED) is 0.652. The molecule has 0 atom stereocenters. The monoisotopic (exact) mass is 381 g/mol. The maximum Gasteiger partial charge on any atom is 0.255 e. The molecule has 6 heteroatoms. The van der Waals surface area contributed by atoms with Crippen LogP contribution in [0, 0.1) is 11.6 Å². The second-order valence-corrected chi connectivity index (χ2v) is 6.70. The van der Waals surface area contributed by atoms with E-state index in [-0.39, 0.29) is 11.6 Å². The van der Waals surface area contributed by atoms with Gasteiger partial charge in [-0.05, 0) is 49.7 Å². The van der Waals surface area contributed by atoms with Crippen molar-refractivity contribution in [2.24, 2.45) is 0 Å². The molecule has 0 unspecified atom stereocenters. The van der Waals surface area contributed by atoms with Gasteiger partial charge >= 0.3 is 0 Å². The predicted molar refractivity (Wildman–Crippen MR) is 106 cm³/mol. The zero-order valence-corrected chi connectivity index (χ0v) is 15.7. The first-order valence-electron chi connectivity index (χ1n) is 8.97. The van der Waals surface area contributed by atoms with E-state index in [0.29, 0.717) is 12.2 Å². The van der Waals surface area contributed by atoms with Crippen LogP contribution >= 0.6 is 0 Å². The lowest BCUT2D eigenvalue weighted by Gasteiger charge is -2.28. The molecule has 3 aromatic rings. The van der Waals surface area contributed by atoms with E-state index in [4.69, 9.17) is 0 Å². The molecule has 0 saturated carbocycles. The Morgan fingerprint density at radius 3 is 2.39 bits per heavy atom. The molecule has 0 fully saturated rings. The fourth-order valence-corrected chi connectivity index (χ4v) is 2.78. The Balaban J connectivity index is 1.72. The molecule has 0 aliphatic heterocycles. The van der Waals surface area contributed by atoms with Crippen LogP contribution in [0.15, 0.2) is 66.9 Å². The van der Waals surface area contributed by atoms with Gasteiger partial charge in [0.2, 0.25) is 0 Å². The van der Waals surface area contributed by atoms with Gasteiger partial charge in [0.05, 0.1) is 11.9 Å². The highest BCUT2D eigenvalue weighted by Crippen LogP contribution is 2.20. The number of benzene rings is 2. The van der Waals surface area contributed by atoms with Crippen molar-refractivity contribution in [3.05, 3.63) is 89.6 Å². The number of hydrogen-bond donors (Lipinski definition) is 1. The van der Waals surface area contributed by atoms with E-state index < -0.39 is 17.5 Å². The van der Waals surface area contributed by atoms with E-state index >= 15 is 0 Å². The van der Waals surface area contributed by atoms with Gasteiger partial charge in [0.15, 0.2) is 11.6 Å². The van der Waals surface area contributed by atoms with Gasteiger partial charge in [-0.3, -0.25) is 4.79 Å². The number of halogens is 2. The number of carbonyl (C=O) groups is 1. The van der Waals surface area contributed by atoms with Crippen molar-refractivity contribution in [2.45, 2.75) is 26.4 Å². The fraction of sp³-hybridized carbons (Fsp3) is 0.182. The highest BCUT2D eigenvalue weighted by atomic mass is 19.2. The standard InChI is InChI=1S/C22H21F2N3O/c1-15(2)27(14-16-6-4-3-5-7-16)21-11-9-18(13-25-21)26-22(28)17-8-10-19(23)20(24)12-17/h3-13,15H,14H2,1-2H3,(H,26,28). The molecule has 4 nitrogen and oxygen atoms in total. The van der Waals surface area contributed by atoms with Crippen molar-refractivity contribution in [1.29, 1.82) is 0 Å². The van der Waals surface area contributed by atoms with Crippen molar-refractivity contribution in [3.63, 3.8) is 0 Å². The van der Waals surface area contributed by atoms with Crippen LogP contribution in [0.25, 0.3) is 0 Å². The van der Waals surface area contributed by atoms with Gasteiger partial charge < -0.3 is 10.2 Å². The maximum atomic E-state index is 13.3. The van der Waals surface area contributed by atoms with E-state index in [1.165, 1.54) is 11.6 Å². The lowest BCUT2D eigenvalue weighted by Crippen LogP contribution is -2.30. The van der Waals surface area contributed by atoms with Crippen LogP contribution in [0.5, 0.6) is 0 Å². The maximum absolute atomic E-state index is 13.3. The lowest BCUT2D eigenvalue weighted by atomic mass is 10.2. The van der Waals surface area contributed by atoms with E-state index in [0.717, 1.165) is 18.0 Å². The summed E-state index contributed by atoms with van der Waals surface area (Å²) in [5.74, 6) is -1.80. The second-order valence-electron chi connectivity index (χ2n) is 6.70. The number of rotatable bonds is 6. The number of anilines is 2. The normalized spacial score (nSPS) is 10.8. The summed E-state index contributed by atoms with van der Waals surface area (Å²) < 4.78 is 26.3. The topological polar surface area (TPSA) is 45.2 Å². The van der Waals surface area contributed by atoms with Gasteiger partial charge in [-0.2, -0.15) is 0 Å². The lowest BCUT2D eigenvalue weighted by molar-refractivity contribution is 0.102. The first-order valence-corrected chi connectivity index (χ1v) is 8.97. The molecule has 0 aliphatic carbocycles. The molecule has 0 aliphatic rings. The molecule has 2 aromatic carbocycles. The molecule has 0 saturated heterocycles. The van der Waals surface area contributed by atoms with Gasteiger partial charge in [0, 0.05) is 18.2 Å². The zero-order chi connectivity index (χ0) is 20.1. The summed E-state index contributed by atoms with van der Waals surface area (Å²) in [7, 11) is 0. The van der Waals surface area contributed by atoms with Gasteiger partial charge in [0.25, 0.3) is 5.91 Å². The zero-order valence-electron chi connectivity index (χ0n) is 15.7. The molecular weight excluding hydrogens is 360 g/mol.